The molecule has 1 aliphatic heterocycles. The summed E-state index contributed by atoms with van der Waals surface area (Å²) in [6, 6.07) is 0. The topological polar surface area (TPSA) is 18.5 Å². The van der Waals surface area contributed by atoms with Crippen LogP contribution in [0, 0.1) is 46.8 Å². The van der Waals surface area contributed by atoms with Gasteiger partial charge in [-0.05, 0) is 73.0 Å². The molecule has 148 valence electrons. The van der Waals surface area contributed by atoms with Crippen molar-refractivity contribution in [3.8, 4) is 12.3 Å². The van der Waals surface area contributed by atoms with E-state index in [-0.39, 0.29) is 5.79 Å². The molecule has 0 radical (unpaired) electrons. The molecule has 2 nitrogen and oxygen atoms in total. The molecule has 0 aromatic heterocycles. The molecule has 4 fully saturated rings. The van der Waals surface area contributed by atoms with Crippen molar-refractivity contribution < 1.29 is 9.47 Å². The van der Waals surface area contributed by atoms with Gasteiger partial charge >= 0.3 is 0 Å². The molecule has 5 aliphatic rings. The lowest BCUT2D eigenvalue weighted by atomic mass is 9.46. The Balaban J connectivity index is 1.46. The molecule has 27 heavy (non-hydrogen) atoms. The van der Waals surface area contributed by atoms with E-state index in [4.69, 9.17) is 15.9 Å². The molecule has 1 spiro atoms. The lowest BCUT2D eigenvalue weighted by molar-refractivity contribution is -0.185. The molecule has 1 heterocycles. The van der Waals surface area contributed by atoms with Gasteiger partial charge in [-0.2, -0.15) is 0 Å². The van der Waals surface area contributed by atoms with E-state index in [0.717, 1.165) is 56.1 Å². The Bertz CT molecular complexity index is 666. The van der Waals surface area contributed by atoms with Crippen LogP contribution in [0.5, 0.6) is 0 Å². The van der Waals surface area contributed by atoms with E-state index in [1.54, 1.807) is 5.57 Å². The maximum Gasteiger partial charge on any atom is 0.172 e. The highest BCUT2D eigenvalue weighted by Gasteiger charge is 2.61. The van der Waals surface area contributed by atoms with Gasteiger partial charge in [0.05, 0.1) is 13.2 Å². The summed E-state index contributed by atoms with van der Waals surface area (Å²) < 4.78 is 12.1. The molecular formula is C25H36O2. The number of terminal acetylenes is 1. The SMILES string of the molecule is C#CC[C@]12CC[C@H]3[C@@H](CC=C4CC5(CC[C@@]43C)OCCO5)[C@@H]1CC[C@@H]2CC. The Morgan fingerprint density at radius 3 is 2.67 bits per heavy atom. The Morgan fingerprint density at radius 2 is 1.93 bits per heavy atom. The predicted octanol–water partition coefficient (Wildman–Crippen LogP) is 5.72. The molecule has 0 N–H and O–H groups in total. The number of hydrogen-bond acceptors (Lipinski definition) is 2. The maximum atomic E-state index is 6.07. The molecule has 2 heteroatoms. The average Bonchev–Trinajstić information content (AvgIpc) is 3.27. The fourth-order valence-corrected chi connectivity index (χ4v) is 8.43. The summed E-state index contributed by atoms with van der Waals surface area (Å²) in [7, 11) is 0. The zero-order chi connectivity index (χ0) is 18.7. The van der Waals surface area contributed by atoms with Crippen LogP contribution in [0.4, 0.5) is 0 Å². The van der Waals surface area contributed by atoms with Crippen LogP contribution < -0.4 is 0 Å². The molecule has 0 aromatic carbocycles. The van der Waals surface area contributed by atoms with Crippen LogP contribution in [-0.2, 0) is 9.47 Å². The molecule has 0 unspecified atom stereocenters. The molecule has 5 rings (SSSR count). The van der Waals surface area contributed by atoms with Crippen LogP contribution in [0.25, 0.3) is 0 Å². The first-order valence-electron chi connectivity index (χ1n) is 11.5. The van der Waals surface area contributed by atoms with Crippen LogP contribution in [0.2, 0.25) is 0 Å². The zero-order valence-electron chi connectivity index (χ0n) is 17.3. The Kier molecular flexibility index (Phi) is 4.30. The molecule has 3 saturated carbocycles. The monoisotopic (exact) mass is 368 g/mol. The standard InChI is InChI=1S/C25H36O2/c1-4-11-24-12-10-21-20(22(24)9-7-18(24)5-2)8-6-19-17-25(26-15-16-27-25)14-13-23(19,21)3/h1,6,18,20-22H,5,7-17H2,2-3H3/t18-,20+,21-,22-,23-,24+/m0/s1. The zero-order valence-corrected chi connectivity index (χ0v) is 17.3. The Labute approximate surface area is 165 Å². The highest BCUT2D eigenvalue weighted by atomic mass is 16.7. The van der Waals surface area contributed by atoms with Gasteiger partial charge in [0.1, 0.15) is 0 Å². The highest BCUT2D eigenvalue weighted by molar-refractivity contribution is 5.27. The van der Waals surface area contributed by atoms with E-state index in [0.29, 0.717) is 10.8 Å². The summed E-state index contributed by atoms with van der Waals surface area (Å²) in [5, 5.41) is 0. The van der Waals surface area contributed by atoms with Crippen molar-refractivity contribution in [1.82, 2.24) is 0 Å². The minimum Gasteiger partial charge on any atom is -0.347 e. The molecule has 4 aliphatic carbocycles. The summed E-state index contributed by atoms with van der Waals surface area (Å²) in [5.74, 6) is 6.20. The van der Waals surface area contributed by atoms with E-state index >= 15 is 0 Å². The fourth-order valence-electron chi connectivity index (χ4n) is 8.43. The number of rotatable bonds is 2. The summed E-state index contributed by atoms with van der Waals surface area (Å²) in [4.78, 5) is 0. The van der Waals surface area contributed by atoms with Crippen LogP contribution in [-0.4, -0.2) is 19.0 Å². The Hall–Kier alpha value is -0.780. The van der Waals surface area contributed by atoms with Crippen LogP contribution in [0.3, 0.4) is 0 Å². The van der Waals surface area contributed by atoms with Crippen molar-refractivity contribution in [2.75, 3.05) is 13.2 Å². The van der Waals surface area contributed by atoms with Crippen LogP contribution in [0.15, 0.2) is 11.6 Å². The molecule has 0 aromatic rings. The van der Waals surface area contributed by atoms with Crippen LogP contribution in [0.1, 0.15) is 78.1 Å². The summed E-state index contributed by atoms with van der Waals surface area (Å²) in [6.07, 6.45) is 21.0. The molecule has 0 amide bonds. The molecule has 1 saturated heterocycles. The van der Waals surface area contributed by atoms with Gasteiger partial charge < -0.3 is 9.47 Å². The number of allylic oxidation sites excluding steroid dienone is 1. The van der Waals surface area contributed by atoms with Gasteiger partial charge in [-0.25, -0.2) is 0 Å². The molecule has 6 atom stereocenters. The lowest BCUT2D eigenvalue weighted by Crippen LogP contribution is -2.52. The second kappa shape index (κ2) is 6.36. The minimum atomic E-state index is -0.291. The quantitative estimate of drug-likeness (QED) is 0.458. The van der Waals surface area contributed by atoms with Crippen molar-refractivity contribution in [2.45, 2.75) is 83.8 Å². The van der Waals surface area contributed by atoms with E-state index < -0.39 is 0 Å². The van der Waals surface area contributed by atoms with E-state index in [2.05, 4.69) is 25.8 Å². The normalized spacial score (nSPS) is 47.7. The van der Waals surface area contributed by atoms with Crippen molar-refractivity contribution in [3.63, 3.8) is 0 Å². The smallest absolute Gasteiger partial charge is 0.172 e. The van der Waals surface area contributed by atoms with E-state index in [9.17, 15) is 0 Å². The van der Waals surface area contributed by atoms with Gasteiger partial charge in [0.25, 0.3) is 0 Å². The first-order valence-corrected chi connectivity index (χ1v) is 11.5. The van der Waals surface area contributed by atoms with Gasteiger partial charge in [-0.3, -0.25) is 0 Å². The molecule has 0 bridgehead atoms. The van der Waals surface area contributed by atoms with E-state index in [1.807, 2.05) is 0 Å². The first kappa shape index (κ1) is 18.3. The van der Waals surface area contributed by atoms with Gasteiger partial charge in [-0.1, -0.05) is 31.9 Å². The minimum absolute atomic E-state index is 0.291. The third-order valence-corrected chi connectivity index (χ3v) is 9.74. The van der Waals surface area contributed by atoms with Crippen molar-refractivity contribution in [2.24, 2.45) is 34.5 Å². The van der Waals surface area contributed by atoms with Crippen molar-refractivity contribution in [1.29, 1.82) is 0 Å². The lowest BCUT2D eigenvalue weighted by Gasteiger charge is -2.59. The van der Waals surface area contributed by atoms with Gasteiger partial charge in [0, 0.05) is 19.3 Å². The van der Waals surface area contributed by atoms with Crippen LogP contribution >= 0.6 is 0 Å². The van der Waals surface area contributed by atoms with Crippen molar-refractivity contribution >= 4 is 0 Å². The Morgan fingerprint density at radius 1 is 1.11 bits per heavy atom. The fraction of sp³-hybridized carbons (Fsp3) is 0.840. The number of hydrogen-bond donors (Lipinski definition) is 0. The van der Waals surface area contributed by atoms with Gasteiger partial charge in [-0.15, -0.1) is 12.3 Å². The highest BCUT2D eigenvalue weighted by Crippen LogP contribution is 2.68. The summed E-state index contributed by atoms with van der Waals surface area (Å²) >= 11 is 0. The van der Waals surface area contributed by atoms with Crippen molar-refractivity contribution in [3.05, 3.63) is 11.6 Å². The number of fused-ring (bicyclic) bond motifs is 5. The average molecular weight is 369 g/mol. The van der Waals surface area contributed by atoms with Gasteiger partial charge in [0.2, 0.25) is 0 Å². The number of ether oxygens (including phenoxy) is 2. The third-order valence-electron chi connectivity index (χ3n) is 9.74. The largest absolute Gasteiger partial charge is 0.347 e. The predicted molar refractivity (Wildman–Crippen MR) is 108 cm³/mol. The molecular weight excluding hydrogens is 332 g/mol. The maximum absolute atomic E-state index is 6.07. The summed E-state index contributed by atoms with van der Waals surface area (Å²) in [5.41, 5.74) is 2.45. The third kappa shape index (κ3) is 2.47. The summed E-state index contributed by atoms with van der Waals surface area (Å²) in [6.45, 7) is 6.49. The van der Waals surface area contributed by atoms with Gasteiger partial charge in [0.15, 0.2) is 5.79 Å². The first-order chi connectivity index (χ1) is 13.1. The van der Waals surface area contributed by atoms with E-state index in [1.165, 1.54) is 44.9 Å². The second-order valence-corrected chi connectivity index (χ2v) is 10.4. The second-order valence-electron chi connectivity index (χ2n) is 10.4.